The van der Waals surface area contributed by atoms with Gasteiger partial charge in [-0.15, -0.1) is 0 Å². The van der Waals surface area contributed by atoms with E-state index in [4.69, 9.17) is 9.79 Å². The highest BCUT2D eigenvalue weighted by atomic mass is 31.2. The fourth-order valence-corrected chi connectivity index (χ4v) is 3.16. The molecule has 0 atom stereocenters. The van der Waals surface area contributed by atoms with E-state index in [0.29, 0.717) is 6.54 Å². The molecule has 0 aromatic heterocycles. The second-order valence-corrected chi connectivity index (χ2v) is 9.77. The van der Waals surface area contributed by atoms with E-state index >= 15 is 0 Å². The smallest absolute Gasteiger partial charge is 0.326 e. The molecular formula is C23H40NO4P. The lowest BCUT2D eigenvalue weighted by Crippen LogP contribution is -2.24. The Morgan fingerprint density at radius 3 is 1.66 bits per heavy atom. The Morgan fingerprint density at radius 1 is 0.759 bits per heavy atom. The van der Waals surface area contributed by atoms with Gasteiger partial charge in [-0.25, -0.2) is 0 Å². The molecule has 0 spiro atoms. The lowest BCUT2D eigenvalue weighted by molar-refractivity contribution is -0.120. The van der Waals surface area contributed by atoms with Crippen LogP contribution in [0.5, 0.6) is 0 Å². The van der Waals surface area contributed by atoms with Crippen molar-refractivity contribution in [3.63, 3.8) is 0 Å². The van der Waals surface area contributed by atoms with Crippen LogP contribution in [0.4, 0.5) is 0 Å². The zero-order chi connectivity index (χ0) is 22.3. The maximum atomic E-state index is 11.5. The van der Waals surface area contributed by atoms with E-state index in [1.807, 2.05) is 13.0 Å². The second-order valence-electron chi connectivity index (χ2n) is 7.99. The van der Waals surface area contributed by atoms with Crippen molar-refractivity contribution in [1.82, 2.24) is 5.32 Å². The highest BCUT2D eigenvalue weighted by Crippen LogP contribution is 2.34. The fraction of sp³-hybridized carbons (Fsp3) is 0.609. The minimum Gasteiger partial charge on any atom is -0.353 e. The van der Waals surface area contributed by atoms with Crippen LogP contribution in [-0.4, -0.2) is 28.4 Å². The molecule has 0 aromatic rings. The molecule has 0 aliphatic rings. The van der Waals surface area contributed by atoms with Crippen LogP contribution in [-0.2, 0) is 9.36 Å². The van der Waals surface area contributed by atoms with Gasteiger partial charge in [-0.1, -0.05) is 46.6 Å². The number of nitrogens with one attached hydrogen (secondary N) is 1. The third kappa shape index (κ3) is 19.7. The van der Waals surface area contributed by atoms with Gasteiger partial charge in [-0.2, -0.15) is 0 Å². The zero-order valence-corrected chi connectivity index (χ0v) is 19.7. The maximum Gasteiger partial charge on any atom is 0.326 e. The molecule has 1 amide bonds. The summed E-state index contributed by atoms with van der Waals surface area (Å²) in [4.78, 5) is 29.0. The van der Waals surface area contributed by atoms with Crippen molar-refractivity contribution < 1.29 is 19.1 Å². The molecule has 29 heavy (non-hydrogen) atoms. The normalized spacial score (nSPS) is 13.4. The maximum absolute atomic E-state index is 11.5. The molecule has 0 bridgehead atoms. The van der Waals surface area contributed by atoms with E-state index in [2.05, 4.69) is 51.2 Å². The van der Waals surface area contributed by atoms with Crippen molar-refractivity contribution in [1.29, 1.82) is 0 Å². The predicted octanol–water partition coefficient (Wildman–Crippen LogP) is 5.82. The largest absolute Gasteiger partial charge is 0.353 e. The quantitative estimate of drug-likeness (QED) is 0.242. The summed E-state index contributed by atoms with van der Waals surface area (Å²) in [5, 5.41) is 2.66. The van der Waals surface area contributed by atoms with Crippen LogP contribution in [0.3, 0.4) is 0 Å². The number of carbonyl (C=O) groups excluding carboxylic acids is 1. The minimum atomic E-state index is -4.11. The van der Waals surface area contributed by atoms with E-state index < -0.39 is 13.8 Å². The standard InChI is InChI=1S/C23H40NO4P/c1-19(2)9-6-10-20(3)11-7-12-21(4)13-8-14-22(5)15-17-24-23(25)16-18-29(26,27)28/h9,11,13,15H,6-8,10,12,14,16-18H2,1-5H3,(H,24,25)(H2,26,27,28). The number of allylic oxidation sites excluding steroid dienone is 7. The topological polar surface area (TPSA) is 86.6 Å². The van der Waals surface area contributed by atoms with Crippen molar-refractivity contribution in [2.75, 3.05) is 12.7 Å². The highest BCUT2D eigenvalue weighted by Gasteiger charge is 2.14. The highest BCUT2D eigenvalue weighted by molar-refractivity contribution is 7.51. The summed E-state index contributed by atoms with van der Waals surface area (Å²) >= 11 is 0. The second kappa shape index (κ2) is 15.4. The average Bonchev–Trinajstić information content (AvgIpc) is 2.59. The van der Waals surface area contributed by atoms with Gasteiger partial charge in [0.25, 0.3) is 0 Å². The molecule has 6 heteroatoms. The molecule has 0 aliphatic carbocycles. The lowest BCUT2D eigenvalue weighted by Gasteiger charge is -2.05. The summed E-state index contributed by atoms with van der Waals surface area (Å²) in [5.41, 5.74) is 5.43. The SMILES string of the molecule is CC(C)=CCCC(C)=CCCC(C)=CCCC(C)=CCNC(=O)CCP(=O)(O)O. The van der Waals surface area contributed by atoms with E-state index in [0.717, 1.165) is 38.5 Å². The van der Waals surface area contributed by atoms with Crippen LogP contribution in [0, 0.1) is 0 Å². The third-order valence-electron chi connectivity index (χ3n) is 4.53. The Kier molecular flexibility index (Phi) is 14.7. The van der Waals surface area contributed by atoms with Crippen LogP contribution < -0.4 is 5.32 Å². The number of carbonyl (C=O) groups is 1. The number of rotatable bonds is 14. The number of amides is 1. The first-order valence-corrected chi connectivity index (χ1v) is 12.2. The van der Waals surface area contributed by atoms with E-state index in [1.54, 1.807) is 0 Å². The van der Waals surface area contributed by atoms with Gasteiger partial charge < -0.3 is 15.1 Å². The van der Waals surface area contributed by atoms with Gasteiger partial charge in [-0.05, 0) is 73.1 Å². The van der Waals surface area contributed by atoms with Crippen molar-refractivity contribution in [3.8, 4) is 0 Å². The van der Waals surface area contributed by atoms with Crippen molar-refractivity contribution >= 4 is 13.5 Å². The van der Waals surface area contributed by atoms with Gasteiger partial charge in [-0.3, -0.25) is 9.36 Å². The van der Waals surface area contributed by atoms with Gasteiger partial charge in [0.1, 0.15) is 0 Å². The molecule has 0 unspecified atom stereocenters. The fourth-order valence-electron chi connectivity index (χ4n) is 2.66. The number of hydrogen-bond donors (Lipinski definition) is 3. The molecule has 0 aromatic carbocycles. The molecule has 3 N–H and O–H groups in total. The molecule has 0 heterocycles. The molecule has 0 radical (unpaired) electrons. The summed E-state index contributed by atoms with van der Waals surface area (Å²) in [7, 11) is -4.11. The van der Waals surface area contributed by atoms with Gasteiger partial charge in [0, 0.05) is 13.0 Å². The van der Waals surface area contributed by atoms with Crippen LogP contribution in [0.1, 0.15) is 79.6 Å². The summed E-state index contributed by atoms with van der Waals surface area (Å²) in [6.45, 7) is 11.1. The Morgan fingerprint density at radius 2 is 1.21 bits per heavy atom. The monoisotopic (exact) mass is 425 g/mol. The molecular weight excluding hydrogens is 385 g/mol. The van der Waals surface area contributed by atoms with E-state index in [1.165, 1.54) is 22.3 Å². The molecule has 0 rings (SSSR count). The van der Waals surface area contributed by atoms with Crippen LogP contribution in [0.25, 0.3) is 0 Å². The van der Waals surface area contributed by atoms with Crippen molar-refractivity contribution in [3.05, 3.63) is 46.6 Å². The first-order chi connectivity index (χ1) is 13.5. The van der Waals surface area contributed by atoms with Crippen molar-refractivity contribution in [2.24, 2.45) is 0 Å². The summed E-state index contributed by atoms with van der Waals surface area (Å²) in [6.07, 6.45) is 14.6. The third-order valence-corrected chi connectivity index (χ3v) is 5.34. The van der Waals surface area contributed by atoms with Gasteiger partial charge in [0.05, 0.1) is 6.16 Å². The number of hydrogen-bond acceptors (Lipinski definition) is 2. The van der Waals surface area contributed by atoms with Gasteiger partial charge in [0.2, 0.25) is 5.91 Å². The predicted molar refractivity (Wildman–Crippen MR) is 123 cm³/mol. The molecule has 0 saturated heterocycles. The molecule has 0 saturated carbocycles. The lowest BCUT2D eigenvalue weighted by atomic mass is 10.0. The Hall–Kier alpha value is -1.42. The van der Waals surface area contributed by atoms with Crippen LogP contribution in [0.2, 0.25) is 0 Å². The molecule has 166 valence electrons. The molecule has 0 aliphatic heterocycles. The van der Waals surface area contributed by atoms with Crippen LogP contribution >= 0.6 is 7.60 Å². The first-order valence-electron chi connectivity index (χ1n) is 10.4. The van der Waals surface area contributed by atoms with Crippen LogP contribution in [0.15, 0.2) is 46.6 Å². The Labute approximate surface area is 177 Å². The van der Waals surface area contributed by atoms with E-state index in [-0.39, 0.29) is 12.3 Å². The summed E-state index contributed by atoms with van der Waals surface area (Å²) in [6, 6.07) is 0. The minimum absolute atomic E-state index is 0.151. The van der Waals surface area contributed by atoms with Crippen molar-refractivity contribution in [2.45, 2.75) is 79.6 Å². The Balaban J connectivity index is 4.05. The zero-order valence-electron chi connectivity index (χ0n) is 18.8. The Bertz CT molecular complexity index is 664. The molecule has 0 fully saturated rings. The summed E-state index contributed by atoms with van der Waals surface area (Å²) < 4.78 is 10.7. The summed E-state index contributed by atoms with van der Waals surface area (Å²) in [5.74, 6) is -0.336. The van der Waals surface area contributed by atoms with Gasteiger partial charge >= 0.3 is 7.60 Å². The van der Waals surface area contributed by atoms with Gasteiger partial charge in [0.15, 0.2) is 0 Å². The first kappa shape index (κ1) is 27.6. The molecule has 5 nitrogen and oxygen atoms in total. The average molecular weight is 426 g/mol. The van der Waals surface area contributed by atoms with E-state index in [9.17, 15) is 9.36 Å².